The van der Waals surface area contributed by atoms with Gasteiger partial charge in [-0.1, -0.05) is 18.2 Å². The molecule has 1 aromatic carbocycles. The fraction of sp³-hybridized carbons (Fsp3) is 0.300. The largest absolute Gasteiger partial charge is 0.0617 e. The summed E-state index contributed by atoms with van der Waals surface area (Å²) in [6, 6.07) is 6.42. The van der Waals surface area contributed by atoms with Crippen LogP contribution in [0.5, 0.6) is 0 Å². The monoisotopic (exact) mass is 130 g/mol. The molecule has 0 bridgehead atoms. The molecule has 0 N–H and O–H groups in total. The smallest absolute Gasteiger partial charge is 0.0171 e. The number of aryl methyl sites for hydroxylation is 1. The molecular weight excluding hydrogens is 120 g/mol. The maximum atomic E-state index is 3.34. The molecule has 0 unspecified atom stereocenters. The standard InChI is InChI=1S/C10H10/c1-8-4-2-5-9-6-3-7-10(8)9/h2,4-5H,3,7H2,1H3. The number of rotatable bonds is 0. The van der Waals surface area contributed by atoms with Gasteiger partial charge < -0.3 is 0 Å². The summed E-state index contributed by atoms with van der Waals surface area (Å²) >= 11 is 0. The van der Waals surface area contributed by atoms with Crippen molar-refractivity contribution in [3.05, 3.63) is 41.3 Å². The maximum absolute atomic E-state index is 3.34. The summed E-state index contributed by atoms with van der Waals surface area (Å²) < 4.78 is 0. The summed E-state index contributed by atoms with van der Waals surface area (Å²) in [6.45, 7) is 2.17. The van der Waals surface area contributed by atoms with Crippen molar-refractivity contribution in [2.75, 3.05) is 0 Å². The molecule has 0 spiro atoms. The molecular formula is C10H10. The molecule has 0 heteroatoms. The van der Waals surface area contributed by atoms with Crippen LogP contribution < -0.4 is 0 Å². The molecule has 10 heavy (non-hydrogen) atoms. The number of hydrogen-bond donors (Lipinski definition) is 0. The summed E-state index contributed by atoms with van der Waals surface area (Å²) in [5.74, 6) is 0. The van der Waals surface area contributed by atoms with Crippen molar-refractivity contribution in [1.29, 1.82) is 0 Å². The van der Waals surface area contributed by atoms with Crippen molar-refractivity contribution < 1.29 is 0 Å². The lowest BCUT2D eigenvalue weighted by molar-refractivity contribution is 1.02. The Morgan fingerprint density at radius 2 is 2.30 bits per heavy atom. The molecule has 0 aliphatic heterocycles. The molecule has 0 atom stereocenters. The Hall–Kier alpha value is -0.780. The Labute approximate surface area is 61.9 Å². The third kappa shape index (κ3) is 0.756. The van der Waals surface area contributed by atoms with Gasteiger partial charge in [0.05, 0.1) is 0 Å². The zero-order valence-electron chi connectivity index (χ0n) is 6.15. The summed E-state index contributed by atoms with van der Waals surface area (Å²) in [5.41, 5.74) is 4.25. The van der Waals surface area contributed by atoms with Gasteiger partial charge in [-0.2, -0.15) is 0 Å². The van der Waals surface area contributed by atoms with Crippen LogP contribution in [0.25, 0.3) is 0 Å². The lowest BCUT2D eigenvalue weighted by atomic mass is 10.1. The summed E-state index contributed by atoms with van der Waals surface area (Å²) in [5, 5.41) is 0. The van der Waals surface area contributed by atoms with E-state index < -0.39 is 0 Å². The van der Waals surface area contributed by atoms with Gasteiger partial charge in [0, 0.05) is 6.42 Å². The Morgan fingerprint density at radius 1 is 1.40 bits per heavy atom. The third-order valence-corrected chi connectivity index (χ3v) is 2.10. The Balaban J connectivity index is 2.59. The summed E-state index contributed by atoms with van der Waals surface area (Å²) in [7, 11) is 0. The molecule has 0 amide bonds. The topological polar surface area (TPSA) is 0 Å². The highest BCUT2D eigenvalue weighted by Crippen LogP contribution is 2.25. The van der Waals surface area contributed by atoms with Crippen LogP contribution >= 0.6 is 0 Å². The van der Waals surface area contributed by atoms with Gasteiger partial charge >= 0.3 is 0 Å². The predicted molar refractivity (Wildman–Crippen MR) is 41.8 cm³/mol. The van der Waals surface area contributed by atoms with E-state index in [2.05, 4.69) is 31.5 Å². The van der Waals surface area contributed by atoms with Crippen molar-refractivity contribution in [3.63, 3.8) is 0 Å². The SMILES string of the molecule is Cc1cccc2c1CC[C]2. The lowest BCUT2D eigenvalue weighted by Gasteiger charge is -2.00. The van der Waals surface area contributed by atoms with Crippen LogP contribution in [0.1, 0.15) is 23.1 Å². The van der Waals surface area contributed by atoms with E-state index in [1.807, 2.05) is 0 Å². The Bertz CT molecular complexity index is 248. The molecule has 2 rings (SSSR count). The zero-order chi connectivity index (χ0) is 6.97. The summed E-state index contributed by atoms with van der Waals surface area (Å²) in [4.78, 5) is 0. The van der Waals surface area contributed by atoms with E-state index in [4.69, 9.17) is 0 Å². The molecule has 2 radical (unpaired) electrons. The van der Waals surface area contributed by atoms with E-state index in [0.717, 1.165) is 6.42 Å². The van der Waals surface area contributed by atoms with Crippen molar-refractivity contribution in [1.82, 2.24) is 0 Å². The molecule has 0 nitrogen and oxygen atoms in total. The Kier molecular flexibility index (Phi) is 1.26. The molecule has 0 heterocycles. The molecule has 0 saturated carbocycles. The Morgan fingerprint density at radius 3 is 3.10 bits per heavy atom. The second-order valence-corrected chi connectivity index (χ2v) is 2.78. The van der Waals surface area contributed by atoms with Crippen LogP contribution in [-0.4, -0.2) is 0 Å². The van der Waals surface area contributed by atoms with Crippen LogP contribution in [0.15, 0.2) is 18.2 Å². The lowest BCUT2D eigenvalue weighted by Crippen LogP contribution is -1.84. The molecule has 1 aliphatic rings. The predicted octanol–water partition coefficient (Wildman–Crippen LogP) is 2.37. The first kappa shape index (κ1) is 5.96. The van der Waals surface area contributed by atoms with Crippen LogP contribution in [0.4, 0.5) is 0 Å². The summed E-state index contributed by atoms with van der Waals surface area (Å²) in [6.07, 6.45) is 5.65. The van der Waals surface area contributed by atoms with E-state index in [-0.39, 0.29) is 0 Å². The fourth-order valence-corrected chi connectivity index (χ4v) is 1.52. The average molecular weight is 130 g/mol. The molecule has 50 valence electrons. The second kappa shape index (κ2) is 2.12. The minimum absolute atomic E-state index is 1.11. The molecule has 1 aromatic rings. The van der Waals surface area contributed by atoms with E-state index in [9.17, 15) is 0 Å². The highest BCUT2D eigenvalue weighted by Gasteiger charge is 2.11. The first-order chi connectivity index (χ1) is 4.88. The van der Waals surface area contributed by atoms with Crippen LogP contribution in [0.3, 0.4) is 0 Å². The first-order valence-electron chi connectivity index (χ1n) is 3.70. The minimum atomic E-state index is 1.11. The molecule has 0 saturated heterocycles. The van der Waals surface area contributed by atoms with Gasteiger partial charge in [-0.25, -0.2) is 0 Å². The minimum Gasteiger partial charge on any atom is -0.0617 e. The average Bonchev–Trinajstić information content (AvgIpc) is 2.36. The van der Waals surface area contributed by atoms with Crippen molar-refractivity contribution in [3.8, 4) is 0 Å². The van der Waals surface area contributed by atoms with Crippen LogP contribution in [0, 0.1) is 13.3 Å². The number of hydrogen-bond acceptors (Lipinski definition) is 0. The highest BCUT2D eigenvalue weighted by molar-refractivity contribution is 5.42. The van der Waals surface area contributed by atoms with Crippen LogP contribution in [-0.2, 0) is 6.42 Å². The number of benzene rings is 1. The quantitative estimate of drug-likeness (QED) is 0.505. The van der Waals surface area contributed by atoms with Gasteiger partial charge in [0.2, 0.25) is 0 Å². The third-order valence-electron chi connectivity index (χ3n) is 2.10. The van der Waals surface area contributed by atoms with Crippen LogP contribution in [0.2, 0.25) is 0 Å². The molecule has 0 aromatic heterocycles. The van der Waals surface area contributed by atoms with Gasteiger partial charge in [-0.05, 0) is 36.5 Å². The zero-order valence-corrected chi connectivity index (χ0v) is 6.15. The van der Waals surface area contributed by atoms with Gasteiger partial charge in [0.15, 0.2) is 0 Å². The first-order valence-corrected chi connectivity index (χ1v) is 3.70. The molecule has 0 fully saturated rings. The van der Waals surface area contributed by atoms with E-state index in [1.54, 1.807) is 0 Å². The highest BCUT2D eigenvalue weighted by atomic mass is 14.2. The second-order valence-electron chi connectivity index (χ2n) is 2.78. The van der Waals surface area contributed by atoms with Gasteiger partial charge in [-0.15, -0.1) is 0 Å². The van der Waals surface area contributed by atoms with E-state index in [0.29, 0.717) is 0 Å². The van der Waals surface area contributed by atoms with E-state index in [1.165, 1.54) is 23.1 Å². The normalized spacial score (nSPS) is 15.3. The maximum Gasteiger partial charge on any atom is 0.0171 e. The fourth-order valence-electron chi connectivity index (χ4n) is 1.52. The number of fused-ring (bicyclic) bond motifs is 1. The van der Waals surface area contributed by atoms with Crippen molar-refractivity contribution in [2.24, 2.45) is 0 Å². The van der Waals surface area contributed by atoms with Crippen molar-refractivity contribution in [2.45, 2.75) is 19.8 Å². The van der Waals surface area contributed by atoms with Gasteiger partial charge in [0.25, 0.3) is 0 Å². The van der Waals surface area contributed by atoms with Gasteiger partial charge in [0.1, 0.15) is 0 Å². The molecule has 1 aliphatic carbocycles. The van der Waals surface area contributed by atoms with E-state index >= 15 is 0 Å². The van der Waals surface area contributed by atoms with Crippen molar-refractivity contribution >= 4 is 0 Å². The van der Waals surface area contributed by atoms with Gasteiger partial charge in [-0.3, -0.25) is 0 Å².